The molecular weight excluding hydrogens is 384 g/mol. The second-order valence-corrected chi connectivity index (χ2v) is 8.75. The summed E-state index contributed by atoms with van der Waals surface area (Å²) >= 11 is 6.60. The molecule has 0 saturated heterocycles. The summed E-state index contributed by atoms with van der Waals surface area (Å²) < 4.78 is 0.146. The van der Waals surface area contributed by atoms with Crippen molar-refractivity contribution in [2.45, 2.75) is 58.8 Å². The number of carbonyl (C=O) groups excluding carboxylic acids is 2. The van der Waals surface area contributed by atoms with Gasteiger partial charge in [-0.3, -0.25) is 9.59 Å². The molecule has 0 aromatic heterocycles. The Morgan fingerprint density at radius 2 is 1.50 bits per heavy atom. The molecule has 112 valence electrons. The van der Waals surface area contributed by atoms with Crippen LogP contribution in [0.5, 0.6) is 0 Å². The average Bonchev–Trinajstić information content (AvgIpc) is 2.37. The summed E-state index contributed by atoms with van der Waals surface area (Å²) in [5.41, 5.74) is -0.957. The third kappa shape index (κ3) is 1.51. The molecule has 0 spiro atoms. The van der Waals surface area contributed by atoms with Crippen LogP contribution < -0.4 is 0 Å². The number of carbonyl (C=O) groups is 2. The number of hydrogen-bond donors (Lipinski definition) is 0. The lowest BCUT2D eigenvalue weighted by atomic mass is 9.33. The zero-order valence-electron chi connectivity index (χ0n) is 12.2. The molecule has 0 N–H and O–H groups in total. The molecule has 20 heavy (non-hydrogen) atoms. The van der Waals surface area contributed by atoms with Crippen LogP contribution in [0.1, 0.15) is 58.8 Å². The Bertz CT molecular complexity index is 459. The summed E-state index contributed by atoms with van der Waals surface area (Å²) in [5.74, 6) is 1.27. The van der Waals surface area contributed by atoms with Crippen molar-refractivity contribution in [3.05, 3.63) is 0 Å². The highest BCUT2D eigenvalue weighted by Gasteiger charge is 2.74. The normalized spacial score (nSPS) is 49.4. The first kappa shape index (κ1) is 15.2. The van der Waals surface area contributed by atoms with E-state index in [1.54, 1.807) is 0 Å². The summed E-state index contributed by atoms with van der Waals surface area (Å²) in [6.45, 7) is 4.30. The summed E-state index contributed by atoms with van der Waals surface area (Å²) in [5, 5.41) is 0. The van der Waals surface area contributed by atoms with E-state index in [-0.39, 0.29) is 14.8 Å². The monoisotopic (exact) mass is 404 g/mol. The average molecular weight is 406 g/mol. The molecule has 0 aromatic carbocycles. The van der Waals surface area contributed by atoms with Crippen molar-refractivity contribution >= 4 is 41.2 Å². The Balaban J connectivity index is 2.26. The minimum absolute atomic E-state index is 0.0237. The van der Waals surface area contributed by atoms with Crippen molar-refractivity contribution in [2.24, 2.45) is 28.1 Å². The fourth-order valence-electron chi connectivity index (χ4n) is 6.58. The Hall–Kier alpha value is 0.300. The van der Waals surface area contributed by atoms with E-state index in [1.807, 2.05) is 0 Å². The van der Waals surface area contributed by atoms with E-state index in [0.717, 1.165) is 38.5 Å². The van der Waals surface area contributed by atoms with Gasteiger partial charge in [0.15, 0.2) is 0 Å². The third-order valence-electron chi connectivity index (χ3n) is 6.94. The van der Waals surface area contributed by atoms with Crippen LogP contribution in [0.4, 0.5) is 0 Å². The molecule has 4 rings (SSSR count). The van der Waals surface area contributed by atoms with Crippen LogP contribution >= 0.6 is 31.9 Å². The van der Waals surface area contributed by atoms with Crippen molar-refractivity contribution in [1.29, 1.82) is 0 Å². The van der Waals surface area contributed by atoms with E-state index in [9.17, 15) is 9.59 Å². The van der Waals surface area contributed by atoms with Crippen LogP contribution in [0.2, 0.25) is 0 Å². The molecule has 4 aliphatic carbocycles. The van der Waals surface area contributed by atoms with Gasteiger partial charge in [-0.1, -0.05) is 13.8 Å². The second kappa shape index (κ2) is 4.65. The number of halogens is 2. The summed E-state index contributed by atoms with van der Waals surface area (Å²) in [7, 11) is 0. The molecule has 4 aliphatic rings. The fraction of sp³-hybridized carbons (Fsp3) is 0.875. The standard InChI is InChI=1S/C16H22Br2O2/c1-3-14-6-10-5-11(7-14)9-15(8-10,12(17)19)16(14,4-2)13(18)20/h10-11H,3-9H2,1-2H3. The van der Waals surface area contributed by atoms with Gasteiger partial charge in [-0.25, -0.2) is 0 Å². The highest BCUT2D eigenvalue weighted by atomic mass is 79.9. The molecule has 4 bridgehead atoms. The van der Waals surface area contributed by atoms with Crippen molar-refractivity contribution in [3.63, 3.8) is 0 Å². The highest BCUT2D eigenvalue weighted by Crippen LogP contribution is 2.76. The maximum absolute atomic E-state index is 12.7. The molecule has 3 atom stereocenters. The van der Waals surface area contributed by atoms with Gasteiger partial charge in [0.05, 0.1) is 10.8 Å². The molecule has 0 aromatic rings. The summed E-state index contributed by atoms with van der Waals surface area (Å²) in [4.78, 5) is 25.3. The molecule has 4 heteroatoms. The van der Waals surface area contributed by atoms with Crippen LogP contribution in [0, 0.1) is 28.1 Å². The van der Waals surface area contributed by atoms with Gasteiger partial charge in [0.1, 0.15) is 0 Å². The maximum Gasteiger partial charge on any atom is 0.205 e. The van der Waals surface area contributed by atoms with E-state index >= 15 is 0 Å². The first-order valence-corrected chi connectivity index (χ1v) is 9.36. The zero-order chi connectivity index (χ0) is 14.8. The summed E-state index contributed by atoms with van der Waals surface area (Å²) in [6, 6.07) is 0. The minimum Gasteiger partial charge on any atom is -0.286 e. The predicted octanol–water partition coefficient (Wildman–Crippen LogP) is 4.83. The van der Waals surface area contributed by atoms with Crippen LogP contribution in [-0.4, -0.2) is 9.39 Å². The van der Waals surface area contributed by atoms with Crippen LogP contribution in [0.25, 0.3) is 0 Å². The van der Waals surface area contributed by atoms with Gasteiger partial charge in [0.2, 0.25) is 9.39 Å². The van der Waals surface area contributed by atoms with Gasteiger partial charge < -0.3 is 0 Å². The maximum atomic E-state index is 12.7. The molecule has 0 aliphatic heterocycles. The molecule has 0 radical (unpaired) electrons. The Morgan fingerprint density at radius 1 is 0.950 bits per heavy atom. The Morgan fingerprint density at radius 3 is 1.85 bits per heavy atom. The van der Waals surface area contributed by atoms with Gasteiger partial charge in [-0.2, -0.15) is 0 Å². The van der Waals surface area contributed by atoms with Gasteiger partial charge in [-0.05, 0) is 94.1 Å². The van der Waals surface area contributed by atoms with Gasteiger partial charge in [0.25, 0.3) is 0 Å². The lowest BCUT2D eigenvalue weighted by molar-refractivity contribution is -0.217. The number of rotatable bonds is 4. The fourth-order valence-corrected chi connectivity index (χ4v) is 8.32. The zero-order valence-corrected chi connectivity index (χ0v) is 15.3. The van der Waals surface area contributed by atoms with Crippen molar-refractivity contribution < 1.29 is 9.59 Å². The first-order chi connectivity index (χ1) is 9.37. The summed E-state index contributed by atoms with van der Waals surface area (Å²) in [6.07, 6.45) is 7.11. The Labute approximate surface area is 137 Å². The quantitative estimate of drug-likeness (QED) is 0.627. The molecule has 4 saturated carbocycles. The van der Waals surface area contributed by atoms with Crippen LogP contribution in [0.15, 0.2) is 0 Å². The first-order valence-electron chi connectivity index (χ1n) is 7.77. The van der Waals surface area contributed by atoms with Crippen molar-refractivity contribution in [3.8, 4) is 0 Å². The lowest BCUT2D eigenvalue weighted by Crippen LogP contribution is -2.69. The largest absolute Gasteiger partial charge is 0.286 e. The highest BCUT2D eigenvalue weighted by molar-refractivity contribution is 9.18. The lowest BCUT2D eigenvalue weighted by Gasteiger charge is -2.70. The van der Waals surface area contributed by atoms with E-state index in [0.29, 0.717) is 11.8 Å². The Kier molecular flexibility index (Phi) is 3.53. The van der Waals surface area contributed by atoms with Gasteiger partial charge in [0, 0.05) is 0 Å². The third-order valence-corrected chi connectivity index (χ3v) is 8.38. The minimum atomic E-state index is -0.511. The van der Waals surface area contributed by atoms with E-state index in [1.165, 1.54) is 6.42 Å². The van der Waals surface area contributed by atoms with Crippen LogP contribution in [0.3, 0.4) is 0 Å². The molecular formula is C16H22Br2O2. The van der Waals surface area contributed by atoms with E-state index in [2.05, 4.69) is 45.7 Å². The van der Waals surface area contributed by atoms with Crippen LogP contribution in [-0.2, 0) is 9.59 Å². The second-order valence-electron chi connectivity index (χ2n) is 7.31. The smallest absolute Gasteiger partial charge is 0.205 e. The predicted molar refractivity (Wildman–Crippen MR) is 85.8 cm³/mol. The molecule has 0 heterocycles. The van der Waals surface area contributed by atoms with Gasteiger partial charge in [-0.15, -0.1) is 0 Å². The van der Waals surface area contributed by atoms with Gasteiger partial charge >= 0.3 is 0 Å². The molecule has 3 unspecified atom stereocenters. The topological polar surface area (TPSA) is 34.1 Å². The molecule has 2 nitrogen and oxygen atoms in total. The number of hydrogen-bond acceptors (Lipinski definition) is 2. The molecule has 4 fully saturated rings. The SMILES string of the molecule is CCC12CC3CC(C1)CC(C(=O)Br)(C3)C2(CC)C(=O)Br. The van der Waals surface area contributed by atoms with Crippen molar-refractivity contribution in [2.75, 3.05) is 0 Å². The van der Waals surface area contributed by atoms with E-state index < -0.39 is 10.8 Å². The van der Waals surface area contributed by atoms with Crippen molar-refractivity contribution in [1.82, 2.24) is 0 Å². The molecule has 0 amide bonds. The van der Waals surface area contributed by atoms with E-state index in [4.69, 9.17) is 0 Å².